The van der Waals surface area contributed by atoms with Gasteiger partial charge in [0.25, 0.3) is 0 Å². The van der Waals surface area contributed by atoms with Gasteiger partial charge in [-0.1, -0.05) is 47.5 Å². The van der Waals surface area contributed by atoms with Crippen LogP contribution in [0.2, 0.25) is 5.02 Å². The van der Waals surface area contributed by atoms with E-state index in [1.54, 1.807) is 0 Å². The third-order valence-electron chi connectivity index (χ3n) is 2.91. The highest BCUT2D eigenvalue weighted by Crippen LogP contribution is 2.30. The lowest BCUT2D eigenvalue weighted by Gasteiger charge is -2.11. The fourth-order valence-electron chi connectivity index (χ4n) is 1.99. The Kier molecular flexibility index (Phi) is 5.32. The number of nitrogens with one attached hydrogen (secondary N) is 1. The molecule has 1 N–H and O–H groups in total. The van der Waals surface area contributed by atoms with Crippen LogP contribution in [0.1, 0.15) is 16.7 Å². The van der Waals surface area contributed by atoms with E-state index < -0.39 is 0 Å². The molecule has 0 amide bonds. The summed E-state index contributed by atoms with van der Waals surface area (Å²) in [5.74, 6) is 0.971. The summed E-state index contributed by atoms with van der Waals surface area (Å²) in [6, 6.07) is 14.7. The molecular formula is C16H18ClNS. The molecule has 0 unspecified atom stereocenters. The van der Waals surface area contributed by atoms with Crippen molar-refractivity contribution < 1.29 is 0 Å². The van der Waals surface area contributed by atoms with Crippen molar-refractivity contribution in [1.29, 1.82) is 0 Å². The number of benzene rings is 2. The van der Waals surface area contributed by atoms with Crippen LogP contribution in [0.3, 0.4) is 0 Å². The largest absolute Gasteiger partial charge is 0.316 e. The molecule has 1 nitrogen and oxygen atoms in total. The van der Waals surface area contributed by atoms with E-state index in [-0.39, 0.29) is 0 Å². The summed E-state index contributed by atoms with van der Waals surface area (Å²) in [4.78, 5) is 1.25. The summed E-state index contributed by atoms with van der Waals surface area (Å²) in [6.07, 6.45) is 0. The predicted octanol–water partition coefficient (Wildman–Crippen LogP) is 4.66. The van der Waals surface area contributed by atoms with E-state index in [0.29, 0.717) is 0 Å². The lowest BCUT2D eigenvalue weighted by atomic mass is 10.2. The number of halogens is 1. The highest BCUT2D eigenvalue weighted by Gasteiger charge is 2.07. The van der Waals surface area contributed by atoms with E-state index in [2.05, 4.69) is 42.6 Å². The molecule has 0 bridgehead atoms. The SMILES string of the molecule is CNCc1c(Cl)cccc1SCc1cccc(C)c1. The van der Waals surface area contributed by atoms with Gasteiger partial charge < -0.3 is 5.32 Å². The maximum Gasteiger partial charge on any atom is 0.0462 e. The molecule has 0 atom stereocenters. The zero-order valence-electron chi connectivity index (χ0n) is 11.2. The predicted molar refractivity (Wildman–Crippen MR) is 85.0 cm³/mol. The van der Waals surface area contributed by atoms with Gasteiger partial charge in [0, 0.05) is 22.2 Å². The van der Waals surface area contributed by atoms with Gasteiger partial charge in [0.15, 0.2) is 0 Å². The third-order valence-corrected chi connectivity index (χ3v) is 4.43. The van der Waals surface area contributed by atoms with Gasteiger partial charge in [-0.15, -0.1) is 11.8 Å². The van der Waals surface area contributed by atoms with Gasteiger partial charge in [-0.2, -0.15) is 0 Å². The number of rotatable bonds is 5. The van der Waals surface area contributed by atoms with Crippen LogP contribution in [0.25, 0.3) is 0 Å². The second kappa shape index (κ2) is 6.99. The van der Waals surface area contributed by atoms with E-state index in [0.717, 1.165) is 17.3 Å². The van der Waals surface area contributed by atoms with Gasteiger partial charge in [0.2, 0.25) is 0 Å². The van der Waals surface area contributed by atoms with Crippen molar-refractivity contribution in [1.82, 2.24) is 5.32 Å². The molecule has 0 saturated heterocycles. The van der Waals surface area contributed by atoms with E-state index in [1.165, 1.54) is 21.6 Å². The van der Waals surface area contributed by atoms with Gasteiger partial charge in [0.05, 0.1) is 0 Å². The Labute approximate surface area is 124 Å². The lowest BCUT2D eigenvalue weighted by Crippen LogP contribution is -2.06. The van der Waals surface area contributed by atoms with Crippen molar-refractivity contribution in [3.63, 3.8) is 0 Å². The molecule has 2 aromatic rings. The second-order valence-corrected chi connectivity index (χ2v) is 5.95. The summed E-state index contributed by atoms with van der Waals surface area (Å²) in [5.41, 5.74) is 3.84. The molecule has 0 saturated carbocycles. The van der Waals surface area contributed by atoms with E-state index >= 15 is 0 Å². The van der Waals surface area contributed by atoms with Crippen LogP contribution >= 0.6 is 23.4 Å². The van der Waals surface area contributed by atoms with Crippen molar-refractivity contribution >= 4 is 23.4 Å². The minimum Gasteiger partial charge on any atom is -0.316 e. The summed E-state index contributed by atoms with van der Waals surface area (Å²) in [5, 5.41) is 4.01. The molecule has 3 heteroatoms. The highest BCUT2D eigenvalue weighted by molar-refractivity contribution is 7.98. The van der Waals surface area contributed by atoms with Gasteiger partial charge in [-0.3, -0.25) is 0 Å². The molecule has 0 heterocycles. The second-order valence-electron chi connectivity index (χ2n) is 4.52. The Morgan fingerprint density at radius 2 is 1.95 bits per heavy atom. The molecule has 0 aliphatic heterocycles. The molecular weight excluding hydrogens is 274 g/mol. The number of aryl methyl sites for hydroxylation is 1. The smallest absolute Gasteiger partial charge is 0.0462 e. The summed E-state index contributed by atoms with van der Waals surface area (Å²) < 4.78 is 0. The zero-order chi connectivity index (χ0) is 13.7. The van der Waals surface area contributed by atoms with Crippen LogP contribution in [-0.4, -0.2) is 7.05 Å². The van der Waals surface area contributed by atoms with Crippen molar-refractivity contribution in [2.45, 2.75) is 24.1 Å². The molecule has 19 heavy (non-hydrogen) atoms. The quantitative estimate of drug-likeness (QED) is 0.804. The van der Waals surface area contributed by atoms with Gasteiger partial charge in [-0.25, -0.2) is 0 Å². The normalized spacial score (nSPS) is 10.7. The lowest BCUT2D eigenvalue weighted by molar-refractivity contribution is 0.803. The third kappa shape index (κ3) is 4.00. The Bertz CT molecular complexity index is 554. The number of hydrogen-bond donors (Lipinski definition) is 1. The average Bonchev–Trinajstić information content (AvgIpc) is 2.40. The summed E-state index contributed by atoms with van der Waals surface area (Å²) in [7, 11) is 1.94. The Morgan fingerprint density at radius 1 is 1.16 bits per heavy atom. The van der Waals surface area contributed by atoms with Crippen LogP contribution < -0.4 is 5.32 Å². The van der Waals surface area contributed by atoms with Crippen molar-refractivity contribution in [2.24, 2.45) is 0 Å². The fourth-order valence-corrected chi connectivity index (χ4v) is 3.32. The minimum atomic E-state index is 0.801. The van der Waals surface area contributed by atoms with Crippen LogP contribution in [0.4, 0.5) is 0 Å². The Morgan fingerprint density at radius 3 is 2.68 bits per heavy atom. The van der Waals surface area contributed by atoms with Gasteiger partial charge in [0.1, 0.15) is 0 Å². The first-order valence-electron chi connectivity index (χ1n) is 6.31. The topological polar surface area (TPSA) is 12.0 Å². The van der Waals surface area contributed by atoms with Crippen molar-refractivity contribution in [3.8, 4) is 0 Å². The number of hydrogen-bond acceptors (Lipinski definition) is 2. The number of thioether (sulfide) groups is 1. The van der Waals surface area contributed by atoms with Crippen LogP contribution in [0.5, 0.6) is 0 Å². The van der Waals surface area contributed by atoms with Crippen LogP contribution in [0, 0.1) is 6.92 Å². The van der Waals surface area contributed by atoms with Crippen molar-refractivity contribution in [3.05, 3.63) is 64.2 Å². The molecule has 0 aliphatic rings. The maximum absolute atomic E-state index is 6.26. The van der Waals surface area contributed by atoms with E-state index in [1.807, 2.05) is 30.9 Å². The standard InChI is InChI=1S/C16H18ClNS/c1-12-5-3-6-13(9-12)11-19-16-8-4-7-15(17)14(16)10-18-2/h3-9,18H,10-11H2,1-2H3. The molecule has 100 valence electrons. The molecule has 0 radical (unpaired) electrons. The fraction of sp³-hybridized carbons (Fsp3) is 0.250. The van der Waals surface area contributed by atoms with Gasteiger partial charge >= 0.3 is 0 Å². The zero-order valence-corrected chi connectivity index (χ0v) is 12.8. The molecule has 0 fully saturated rings. The summed E-state index contributed by atoms with van der Waals surface area (Å²) >= 11 is 8.10. The molecule has 2 rings (SSSR count). The van der Waals surface area contributed by atoms with Gasteiger partial charge in [-0.05, 0) is 37.2 Å². The molecule has 2 aromatic carbocycles. The van der Waals surface area contributed by atoms with Crippen LogP contribution in [-0.2, 0) is 12.3 Å². The first-order valence-corrected chi connectivity index (χ1v) is 7.67. The molecule has 0 aliphatic carbocycles. The molecule has 0 aromatic heterocycles. The van der Waals surface area contributed by atoms with Crippen LogP contribution in [0.15, 0.2) is 47.4 Å². The monoisotopic (exact) mass is 291 g/mol. The Hall–Kier alpha value is -0.960. The van der Waals surface area contributed by atoms with Crippen molar-refractivity contribution in [2.75, 3.05) is 7.05 Å². The van der Waals surface area contributed by atoms with E-state index in [4.69, 9.17) is 11.6 Å². The Balaban J connectivity index is 2.13. The maximum atomic E-state index is 6.26. The van der Waals surface area contributed by atoms with E-state index in [9.17, 15) is 0 Å². The highest BCUT2D eigenvalue weighted by atomic mass is 35.5. The average molecular weight is 292 g/mol. The summed E-state index contributed by atoms with van der Waals surface area (Å²) in [6.45, 7) is 2.93. The first kappa shape index (κ1) is 14.4. The molecule has 0 spiro atoms. The first-order chi connectivity index (χ1) is 9.20. The minimum absolute atomic E-state index is 0.801.